The monoisotopic (exact) mass is 226 g/mol. The third-order valence-electron chi connectivity index (χ3n) is 3.88. The van der Waals surface area contributed by atoms with Crippen LogP contribution in [0.5, 0.6) is 0 Å². The fraction of sp³-hybridized carbons (Fsp3) is 0.923. The second-order valence-electron chi connectivity index (χ2n) is 5.11. The molecule has 1 unspecified atom stereocenters. The van der Waals surface area contributed by atoms with Gasteiger partial charge in [-0.15, -0.1) is 0 Å². The molecule has 3 nitrogen and oxygen atoms in total. The first-order valence-corrected chi connectivity index (χ1v) is 6.66. The molecule has 0 aromatic rings. The Labute approximate surface area is 99.2 Å². The maximum absolute atomic E-state index is 11.8. The van der Waals surface area contributed by atoms with Crippen LogP contribution >= 0.6 is 0 Å². The molecule has 1 aliphatic carbocycles. The van der Waals surface area contributed by atoms with Crippen LogP contribution in [0.25, 0.3) is 0 Å². The minimum atomic E-state index is 0.178. The maximum atomic E-state index is 11.8. The summed E-state index contributed by atoms with van der Waals surface area (Å²) in [5.74, 6) is 1.22. The van der Waals surface area contributed by atoms with Crippen molar-refractivity contribution in [3.63, 3.8) is 0 Å². The summed E-state index contributed by atoms with van der Waals surface area (Å²) in [6.07, 6.45) is 6.77. The summed E-state index contributed by atoms with van der Waals surface area (Å²) < 4.78 is 0. The van der Waals surface area contributed by atoms with Gasteiger partial charge in [0.15, 0.2) is 0 Å². The molecule has 0 aromatic carbocycles. The topological polar surface area (TPSA) is 55.1 Å². The second kappa shape index (κ2) is 6.89. The summed E-state index contributed by atoms with van der Waals surface area (Å²) in [6, 6.07) is 0.338. The first-order valence-electron chi connectivity index (χ1n) is 6.66. The highest BCUT2D eigenvalue weighted by Gasteiger charge is 2.23. The van der Waals surface area contributed by atoms with Crippen molar-refractivity contribution >= 4 is 5.91 Å². The van der Waals surface area contributed by atoms with E-state index in [0.29, 0.717) is 30.8 Å². The molecule has 1 amide bonds. The fourth-order valence-electron chi connectivity index (χ4n) is 2.54. The Hall–Kier alpha value is -0.570. The van der Waals surface area contributed by atoms with Crippen molar-refractivity contribution in [1.82, 2.24) is 5.32 Å². The standard InChI is InChI=1S/C13H26N2O/c1-3-11(9-14)8-13(16)15-10(2)12-6-4-5-7-12/h10-12H,3-9,14H2,1-2H3,(H,15,16)/t10-,11?/m0/s1. The molecule has 1 saturated carbocycles. The molecule has 0 aromatic heterocycles. The minimum Gasteiger partial charge on any atom is -0.353 e. The number of hydrogen-bond acceptors (Lipinski definition) is 2. The van der Waals surface area contributed by atoms with Crippen LogP contribution in [0.2, 0.25) is 0 Å². The SMILES string of the molecule is CCC(CN)CC(=O)N[C@@H](C)C1CCCC1. The van der Waals surface area contributed by atoms with Gasteiger partial charge in [-0.2, -0.15) is 0 Å². The van der Waals surface area contributed by atoms with Gasteiger partial charge in [0.05, 0.1) is 0 Å². The summed E-state index contributed by atoms with van der Waals surface area (Å²) in [5, 5.41) is 3.13. The number of carbonyl (C=O) groups excluding carboxylic acids is 1. The summed E-state index contributed by atoms with van der Waals surface area (Å²) in [7, 11) is 0. The molecule has 1 aliphatic rings. The van der Waals surface area contributed by atoms with E-state index in [4.69, 9.17) is 5.73 Å². The van der Waals surface area contributed by atoms with E-state index >= 15 is 0 Å². The van der Waals surface area contributed by atoms with Crippen molar-refractivity contribution in [3.05, 3.63) is 0 Å². The van der Waals surface area contributed by atoms with Gasteiger partial charge in [0.25, 0.3) is 0 Å². The van der Waals surface area contributed by atoms with Crippen molar-refractivity contribution < 1.29 is 4.79 Å². The van der Waals surface area contributed by atoms with Crippen molar-refractivity contribution in [2.45, 2.75) is 58.4 Å². The molecule has 16 heavy (non-hydrogen) atoms. The Bertz CT molecular complexity index is 208. The molecule has 0 saturated heterocycles. The molecule has 0 radical (unpaired) electrons. The molecule has 3 N–H and O–H groups in total. The van der Waals surface area contributed by atoms with Crippen LogP contribution < -0.4 is 11.1 Å². The molecule has 0 bridgehead atoms. The zero-order chi connectivity index (χ0) is 12.0. The Kier molecular flexibility index (Phi) is 5.81. The van der Waals surface area contributed by atoms with E-state index < -0.39 is 0 Å². The lowest BCUT2D eigenvalue weighted by molar-refractivity contribution is -0.122. The Morgan fingerprint density at radius 2 is 2.06 bits per heavy atom. The Morgan fingerprint density at radius 3 is 2.56 bits per heavy atom. The molecule has 2 atom stereocenters. The highest BCUT2D eigenvalue weighted by atomic mass is 16.1. The first kappa shape index (κ1) is 13.5. The normalized spacial score (nSPS) is 20.7. The van der Waals surface area contributed by atoms with Gasteiger partial charge in [-0.05, 0) is 38.1 Å². The van der Waals surface area contributed by atoms with E-state index in [1.807, 2.05) is 0 Å². The molecule has 1 rings (SSSR count). The molecule has 0 heterocycles. The van der Waals surface area contributed by atoms with Gasteiger partial charge in [-0.1, -0.05) is 26.2 Å². The number of rotatable bonds is 6. The van der Waals surface area contributed by atoms with E-state index in [1.165, 1.54) is 25.7 Å². The van der Waals surface area contributed by atoms with Crippen LogP contribution in [-0.2, 0) is 4.79 Å². The largest absolute Gasteiger partial charge is 0.353 e. The van der Waals surface area contributed by atoms with Crippen molar-refractivity contribution in [3.8, 4) is 0 Å². The minimum absolute atomic E-state index is 0.178. The van der Waals surface area contributed by atoms with Gasteiger partial charge in [-0.25, -0.2) is 0 Å². The molecular weight excluding hydrogens is 200 g/mol. The summed E-state index contributed by atoms with van der Waals surface area (Å²) in [4.78, 5) is 11.8. The van der Waals surface area contributed by atoms with Crippen LogP contribution in [-0.4, -0.2) is 18.5 Å². The molecule has 3 heteroatoms. The van der Waals surface area contributed by atoms with Crippen LogP contribution in [0.1, 0.15) is 52.4 Å². The van der Waals surface area contributed by atoms with Crippen LogP contribution in [0.3, 0.4) is 0 Å². The third-order valence-corrected chi connectivity index (χ3v) is 3.88. The Balaban J connectivity index is 2.26. The van der Waals surface area contributed by atoms with Gasteiger partial charge >= 0.3 is 0 Å². The number of hydrogen-bond donors (Lipinski definition) is 2. The van der Waals surface area contributed by atoms with Crippen molar-refractivity contribution in [1.29, 1.82) is 0 Å². The van der Waals surface area contributed by atoms with Gasteiger partial charge in [0.1, 0.15) is 0 Å². The highest BCUT2D eigenvalue weighted by Crippen LogP contribution is 2.27. The summed E-state index contributed by atoms with van der Waals surface area (Å²) in [6.45, 7) is 4.84. The Morgan fingerprint density at radius 1 is 1.44 bits per heavy atom. The number of nitrogens with one attached hydrogen (secondary N) is 1. The lowest BCUT2D eigenvalue weighted by Gasteiger charge is -2.21. The average Bonchev–Trinajstić information content (AvgIpc) is 2.79. The van der Waals surface area contributed by atoms with Crippen molar-refractivity contribution in [2.75, 3.05) is 6.54 Å². The van der Waals surface area contributed by atoms with Crippen LogP contribution in [0.4, 0.5) is 0 Å². The lowest BCUT2D eigenvalue weighted by Crippen LogP contribution is -2.38. The highest BCUT2D eigenvalue weighted by molar-refractivity contribution is 5.76. The van der Waals surface area contributed by atoms with E-state index in [2.05, 4.69) is 19.2 Å². The lowest BCUT2D eigenvalue weighted by atomic mass is 9.98. The van der Waals surface area contributed by atoms with E-state index in [-0.39, 0.29) is 5.91 Å². The molecule has 0 aliphatic heterocycles. The predicted octanol–water partition coefficient (Wildman–Crippen LogP) is 2.06. The van der Waals surface area contributed by atoms with Crippen molar-refractivity contribution in [2.24, 2.45) is 17.6 Å². The number of amides is 1. The number of carbonyl (C=O) groups is 1. The van der Waals surface area contributed by atoms with E-state index in [1.54, 1.807) is 0 Å². The van der Waals surface area contributed by atoms with Gasteiger partial charge in [0.2, 0.25) is 5.91 Å². The van der Waals surface area contributed by atoms with E-state index in [9.17, 15) is 4.79 Å². The third kappa shape index (κ3) is 4.12. The van der Waals surface area contributed by atoms with Gasteiger partial charge in [-0.3, -0.25) is 4.79 Å². The molecule has 1 fully saturated rings. The summed E-state index contributed by atoms with van der Waals surface area (Å²) >= 11 is 0. The summed E-state index contributed by atoms with van der Waals surface area (Å²) in [5.41, 5.74) is 5.60. The zero-order valence-electron chi connectivity index (χ0n) is 10.7. The molecular formula is C13H26N2O. The van der Waals surface area contributed by atoms with Gasteiger partial charge < -0.3 is 11.1 Å². The van der Waals surface area contributed by atoms with Gasteiger partial charge in [0, 0.05) is 12.5 Å². The quantitative estimate of drug-likeness (QED) is 0.728. The smallest absolute Gasteiger partial charge is 0.220 e. The zero-order valence-corrected chi connectivity index (χ0v) is 10.7. The average molecular weight is 226 g/mol. The molecule has 0 spiro atoms. The molecule has 94 valence electrons. The first-order chi connectivity index (χ1) is 7.67. The van der Waals surface area contributed by atoms with E-state index in [0.717, 1.165) is 6.42 Å². The second-order valence-corrected chi connectivity index (χ2v) is 5.11. The maximum Gasteiger partial charge on any atom is 0.220 e. The van der Waals surface area contributed by atoms with Crippen LogP contribution in [0.15, 0.2) is 0 Å². The fourth-order valence-corrected chi connectivity index (χ4v) is 2.54. The van der Waals surface area contributed by atoms with Crippen LogP contribution in [0, 0.1) is 11.8 Å². The predicted molar refractivity (Wildman–Crippen MR) is 67.0 cm³/mol. The number of nitrogens with two attached hydrogens (primary N) is 1.